The summed E-state index contributed by atoms with van der Waals surface area (Å²) >= 11 is 1.23. The molecule has 0 unspecified atom stereocenters. The van der Waals surface area contributed by atoms with Crippen LogP contribution in [0.2, 0.25) is 0 Å². The maximum atomic E-state index is 12.2. The van der Waals surface area contributed by atoms with Crippen LogP contribution in [-0.2, 0) is 4.79 Å². The van der Waals surface area contributed by atoms with Crippen LogP contribution in [-0.4, -0.2) is 34.2 Å². The molecule has 3 aromatic rings. The quantitative estimate of drug-likeness (QED) is 0.710. The van der Waals surface area contributed by atoms with Gasteiger partial charge in [-0.1, -0.05) is 23.9 Å². The molecule has 0 fully saturated rings. The zero-order valence-electron chi connectivity index (χ0n) is 13.9. The Labute approximate surface area is 149 Å². The van der Waals surface area contributed by atoms with E-state index in [1.807, 2.05) is 24.3 Å². The van der Waals surface area contributed by atoms with Crippen LogP contribution >= 0.6 is 11.8 Å². The second kappa shape index (κ2) is 7.40. The predicted molar refractivity (Wildman–Crippen MR) is 98.4 cm³/mol. The van der Waals surface area contributed by atoms with E-state index in [1.54, 1.807) is 31.4 Å². The maximum Gasteiger partial charge on any atom is 0.234 e. The molecule has 0 radical (unpaired) electrons. The molecule has 0 aliphatic carbocycles. The second-order valence-electron chi connectivity index (χ2n) is 5.30. The summed E-state index contributed by atoms with van der Waals surface area (Å²) in [5, 5.41) is 3.32. The van der Waals surface area contributed by atoms with E-state index in [-0.39, 0.29) is 17.6 Å². The zero-order valence-corrected chi connectivity index (χ0v) is 14.7. The SMILES string of the molecule is COc1ccc(NC(=O)CSc2nc3ccccc3n2C(C)=O)cc1. The molecular weight excluding hydrogens is 338 g/mol. The number of rotatable bonds is 5. The van der Waals surface area contributed by atoms with Crippen LogP contribution in [0.5, 0.6) is 5.75 Å². The van der Waals surface area contributed by atoms with Crippen LogP contribution < -0.4 is 10.1 Å². The normalized spacial score (nSPS) is 10.6. The first-order valence-corrected chi connectivity index (χ1v) is 8.62. The van der Waals surface area contributed by atoms with Gasteiger partial charge in [0, 0.05) is 12.6 Å². The topological polar surface area (TPSA) is 73.2 Å². The Morgan fingerprint density at radius 2 is 1.88 bits per heavy atom. The minimum absolute atomic E-state index is 0.133. The molecule has 0 saturated carbocycles. The molecule has 7 heteroatoms. The number of nitrogens with one attached hydrogen (secondary N) is 1. The van der Waals surface area contributed by atoms with Crippen molar-refractivity contribution in [2.45, 2.75) is 12.1 Å². The van der Waals surface area contributed by atoms with Crippen molar-refractivity contribution in [2.75, 3.05) is 18.2 Å². The van der Waals surface area contributed by atoms with Crippen molar-refractivity contribution in [1.29, 1.82) is 0 Å². The number of imidazole rings is 1. The average Bonchev–Trinajstić information content (AvgIpc) is 2.99. The number of thioether (sulfide) groups is 1. The summed E-state index contributed by atoms with van der Waals surface area (Å²) in [4.78, 5) is 28.5. The van der Waals surface area contributed by atoms with Gasteiger partial charge in [-0.15, -0.1) is 0 Å². The molecule has 0 atom stereocenters. The molecule has 1 aromatic heterocycles. The first-order chi connectivity index (χ1) is 12.1. The van der Waals surface area contributed by atoms with Gasteiger partial charge in [-0.25, -0.2) is 4.98 Å². The highest BCUT2D eigenvalue weighted by Gasteiger charge is 2.15. The largest absolute Gasteiger partial charge is 0.497 e. The van der Waals surface area contributed by atoms with Gasteiger partial charge in [-0.3, -0.25) is 14.2 Å². The Morgan fingerprint density at radius 1 is 1.16 bits per heavy atom. The molecule has 1 heterocycles. The van der Waals surface area contributed by atoms with Crippen LogP contribution in [0.1, 0.15) is 11.7 Å². The van der Waals surface area contributed by atoms with Crippen molar-refractivity contribution in [3.8, 4) is 5.75 Å². The van der Waals surface area contributed by atoms with Crippen molar-refractivity contribution >= 4 is 40.3 Å². The Hall–Kier alpha value is -2.80. The third-order valence-corrected chi connectivity index (χ3v) is 4.49. The number of hydrogen-bond donors (Lipinski definition) is 1. The summed E-state index contributed by atoms with van der Waals surface area (Å²) in [6.45, 7) is 1.48. The average molecular weight is 355 g/mol. The van der Waals surface area contributed by atoms with E-state index in [9.17, 15) is 9.59 Å². The fraction of sp³-hybridized carbons (Fsp3) is 0.167. The first kappa shape index (κ1) is 17.0. The number of methoxy groups -OCH3 is 1. The Morgan fingerprint density at radius 3 is 2.56 bits per heavy atom. The van der Waals surface area contributed by atoms with E-state index in [0.29, 0.717) is 10.8 Å². The molecule has 1 N–H and O–H groups in total. The van der Waals surface area contributed by atoms with Gasteiger partial charge in [0.1, 0.15) is 5.75 Å². The highest BCUT2D eigenvalue weighted by molar-refractivity contribution is 7.99. The Balaban J connectivity index is 1.70. The van der Waals surface area contributed by atoms with Crippen LogP contribution in [0.15, 0.2) is 53.7 Å². The van der Waals surface area contributed by atoms with E-state index in [1.165, 1.54) is 23.3 Å². The molecular formula is C18H17N3O3S. The second-order valence-corrected chi connectivity index (χ2v) is 6.25. The summed E-state index contributed by atoms with van der Waals surface area (Å²) in [7, 11) is 1.59. The van der Waals surface area contributed by atoms with Crippen molar-refractivity contribution in [2.24, 2.45) is 0 Å². The van der Waals surface area contributed by atoms with E-state index in [2.05, 4.69) is 10.3 Å². The lowest BCUT2D eigenvalue weighted by Crippen LogP contribution is -2.15. The van der Waals surface area contributed by atoms with Gasteiger partial charge in [-0.2, -0.15) is 0 Å². The molecule has 6 nitrogen and oxygen atoms in total. The maximum absolute atomic E-state index is 12.2. The van der Waals surface area contributed by atoms with Gasteiger partial charge in [0.2, 0.25) is 11.8 Å². The standard InChI is InChI=1S/C18H17N3O3S/c1-12(22)21-16-6-4-3-5-15(16)20-18(21)25-11-17(23)19-13-7-9-14(24-2)10-8-13/h3-10H,11H2,1-2H3,(H,19,23). The lowest BCUT2D eigenvalue weighted by Gasteiger charge is -2.07. The van der Waals surface area contributed by atoms with Crippen LogP contribution in [0.25, 0.3) is 11.0 Å². The number of para-hydroxylation sites is 2. The number of hydrogen-bond acceptors (Lipinski definition) is 5. The molecule has 0 saturated heterocycles. The van der Waals surface area contributed by atoms with Crippen molar-refractivity contribution in [1.82, 2.24) is 9.55 Å². The van der Waals surface area contributed by atoms with Crippen LogP contribution in [0, 0.1) is 0 Å². The third-order valence-electron chi connectivity index (χ3n) is 3.55. The summed E-state index contributed by atoms with van der Waals surface area (Å²) in [5.41, 5.74) is 2.16. The number of aromatic nitrogens is 2. The van der Waals surface area contributed by atoms with Gasteiger partial charge in [-0.05, 0) is 36.4 Å². The lowest BCUT2D eigenvalue weighted by atomic mass is 10.3. The van der Waals surface area contributed by atoms with Gasteiger partial charge in [0.05, 0.1) is 23.9 Å². The van der Waals surface area contributed by atoms with Gasteiger partial charge in [0.25, 0.3) is 0 Å². The summed E-state index contributed by atoms with van der Waals surface area (Å²) < 4.78 is 6.61. The molecule has 1 amide bonds. The number of benzene rings is 2. The highest BCUT2D eigenvalue weighted by atomic mass is 32.2. The smallest absolute Gasteiger partial charge is 0.234 e. The van der Waals surface area contributed by atoms with Gasteiger partial charge < -0.3 is 10.1 Å². The van der Waals surface area contributed by atoms with E-state index in [0.717, 1.165) is 16.8 Å². The van der Waals surface area contributed by atoms with E-state index >= 15 is 0 Å². The first-order valence-electron chi connectivity index (χ1n) is 7.63. The Kier molecular flexibility index (Phi) is 5.04. The predicted octanol–water partition coefficient (Wildman–Crippen LogP) is 3.44. The van der Waals surface area contributed by atoms with Crippen LogP contribution in [0.4, 0.5) is 5.69 Å². The van der Waals surface area contributed by atoms with Gasteiger partial charge in [0.15, 0.2) is 5.16 Å². The molecule has 128 valence electrons. The number of amides is 1. The molecule has 0 spiro atoms. The minimum Gasteiger partial charge on any atom is -0.497 e. The summed E-state index contributed by atoms with van der Waals surface area (Å²) in [6, 6.07) is 14.5. The molecule has 2 aromatic carbocycles. The fourth-order valence-corrected chi connectivity index (χ4v) is 3.26. The zero-order chi connectivity index (χ0) is 17.8. The molecule has 3 rings (SSSR count). The number of nitrogens with zero attached hydrogens (tertiary/aromatic N) is 2. The lowest BCUT2D eigenvalue weighted by molar-refractivity contribution is -0.113. The highest BCUT2D eigenvalue weighted by Crippen LogP contribution is 2.24. The van der Waals surface area contributed by atoms with E-state index in [4.69, 9.17) is 4.74 Å². The van der Waals surface area contributed by atoms with Crippen molar-refractivity contribution in [3.05, 3.63) is 48.5 Å². The van der Waals surface area contributed by atoms with Gasteiger partial charge >= 0.3 is 0 Å². The number of carbonyl (C=O) groups is 2. The van der Waals surface area contributed by atoms with E-state index < -0.39 is 0 Å². The Bertz CT molecular complexity index is 919. The monoisotopic (exact) mass is 355 g/mol. The molecule has 0 aliphatic heterocycles. The number of anilines is 1. The number of carbonyl (C=O) groups excluding carboxylic acids is 2. The van der Waals surface area contributed by atoms with Crippen molar-refractivity contribution in [3.63, 3.8) is 0 Å². The molecule has 0 aliphatic rings. The fourth-order valence-electron chi connectivity index (χ4n) is 2.41. The molecule has 0 bridgehead atoms. The summed E-state index contributed by atoms with van der Waals surface area (Å²) in [6.07, 6.45) is 0. The number of ether oxygens (including phenoxy) is 1. The summed E-state index contributed by atoms with van der Waals surface area (Å²) in [5.74, 6) is 0.578. The molecule has 25 heavy (non-hydrogen) atoms. The van der Waals surface area contributed by atoms with Crippen LogP contribution in [0.3, 0.4) is 0 Å². The third kappa shape index (κ3) is 3.83. The van der Waals surface area contributed by atoms with Crippen molar-refractivity contribution < 1.29 is 14.3 Å². The number of fused-ring (bicyclic) bond motifs is 1. The minimum atomic E-state index is -0.169.